The van der Waals surface area contributed by atoms with E-state index in [9.17, 15) is 0 Å². The second kappa shape index (κ2) is 19.4. The first-order valence-electron chi connectivity index (χ1n) is 31.3. The van der Waals surface area contributed by atoms with Crippen LogP contribution in [0.4, 0.5) is 17.1 Å². The summed E-state index contributed by atoms with van der Waals surface area (Å²) < 4.78 is 21.2. The van der Waals surface area contributed by atoms with E-state index in [1.807, 2.05) is 0 Å². The minimum absolute atomic E-state index is 0.158. The Kier molecular flexibility index (Phi) is 10.9. The topological polar surface area (TPSA) is 40.3 Å². The van der Waals surface area contributed by atoms with Gasteiger partial charge in [-0.25, -0.2) is 0 Å². The standard InChI is InChI=1S/C84H48N4Se3/c1-4-16-52-46(13-1)37-67-55(52)31-34-58-61-28-25-49-40-76(85-89-82(49)73(61)43-70(58)67)64-19-7-10-22-79(64)88(80-23-11-8-20-65(80)77-41-50-26-29-62-59-35-32-56-53-17-5-2-14-47(53)38-68(56)71(59)44-74(62)83(50)90-86-77)81-24-12-9-21-66(81)78-42-51-27-30-63-60-36-33-57-54-18-6-3-15-48(54)39-69(57)72(60)45-75(63)84(51)91-87-78/h1-42H,43-45H2. The molecule has 0 radical (unpaired) electrons. The Labute approximate surface area is 540 Å². The van der Waals surface area contributed by atoms with Crippen molar-refractivity contribution in [2.75, 3.05) is 4.90 Å². The Morgan fingerprint density at radius 1 is 0.231 bits per heavy atom. The van der Waals surface area contributed by atoms with Crippen molar-refractivity contribution in [2.45, 2.75) is 19.3 Å². The van der Waals surface area contributed by atoms with Crippen LogP contribution in [-0.2, 0) is 19.3 Å². The van der Waals surface area contributed by atoms with Crippen LogP contribution in [0.25, 0.3) is 36.5 Å². The molecule has 0 atom stereocenters. The first-order chi connectivity index (χ1) is 45.1. The average Bonchev–Trinajstić information content (AvgIpc) is 1.65. The number of benzene rings is 12. The normalized spacial score (nSPS) is 14.8. The van der Waals surface area contributed by atoms with Gasteiger partial charge in [0.2, 0.25) is 0 Å². The summed E-state index contributed by atoms with van der Waals surface area (Å²) >= 11 is -0.474. The molecule has 9 aliphatic rings. The number of rotatable bonds is 6. The van der Waals surface area contributed by atoms with Crippen LogP contribution in [-0.4, -0.2) is 62.7 Å². The molecule has 7 heteroatoms. The fourth-order valence-corrected chi connectivity index (χ4v) is 21.7. The third-order valence-corrected chi connectivity index (χ3v) is 26.4. The van der Waals surface area contributed by atoms with Crippen molar-refractivity contribution >= 4 is 130 Å². The van der Waals surface area contributed by atoms with Gasteiger partial charge in [0.25, 0.3) is 0 Å². The van der Waals surface area contributed by atoms with Gasteiger partial charge in [0.1, 0.15) is 0 Å². The van der Waals surface area contributed by atoms with E-state index in [1.165, 1.54) is 157 Å². The average molecular weight is 1350 g/mol. The summed E-state index contributed by atoms with van der Waals surface area (Å²) in [5, 5.41) is 24.0. The van der Waals surface area contributed by atoms with Crippen molar-refractivity contribution in [1.82, 2.24) is 0 Å². The third kappa shape index (κ3) is 7.42. The van der Waals surface area contributed by atoms with E-state index in [4.69, 9.17) is 12.0 Å². The van der Waals surface area contributed by atoms with Crippen LogP contribution in [0.1, 0.15) is 66.8 Å². The van der Waals surface area contributed by atoms with Crippen LogP contribution in [0.3, 0.4) is 0 Å². The van der Waals surface area contributed by atoms with E-state index in [1.54, 1.807) is 0 Å². The molecule has 0 unspecified atom stereocenters. The number of fused-ring (bicyclic) bond motifs is 21. The summed E-state index contributed by atoms with van der Waals surface area (Å²) in [5.74, 6) is 0. The fourth-order valence-electron chi connectivity index (χ4n) is 16.2. The molecule has 3 aliphatic heterocycles. The molecule has 0 aromatic heterocycles. The van der Waals surface area contributed by atoms with E-state index in [2.05, 4.69) is 260 Å². The molecule has 4 nitrogen and oxygen atoms in total. The second-order valence-electron chi connectivity index (χ2n) is 24.9. The first kappa shape index (κ1) is 51.0. The summed E-state index contributed by atoms with van der Waals surface area (Å²) in [5.41, 5.74) is 22.2. The van der Waals surface area contributed by atoms with Crippen molar-refractivity contribution in [2.24, 2.45) is 12.0 Å². The summed E-state index contributed by atoms with van der Waals surface area (Å²) in [6, 6.07) is 81.7. The molecule has 12 aromatic rings. The summed E-state index contributed by atoms with van der Waals surface area (Å²) in [6.45, 7) is 0. The molecule has 0 N–H and O–H groups in total. The Morgan fingerprint density at radius 2 is 0.505 bits per heavy atom. The summed E-state index contributed by atoms with van der Waals surface area (Å²) in [7, 11) is 0. The minimum atomic E-state index is -0.158. The van der Waals surface area contributed by atoms with Gasteiger partial charge < -0.3 is 0 Å². The van der Waals surface area contributed by atoms with Crippen molar-refractivity contribution < 1.29 is 0 Å². The number of para-hydroxylation sites is 3. The molecule has 12 aromatic carbocycles. The van der Waals surface area contributed by atoms with E-state index in [0.717, 1.165) is 70.2 Å². The Morgan fingerprint density at radius 3 is 0.846 bits per heavy atom. The SMILES string of the molecule is C1=c2ccc3c(c2[Se]N=C1c1ccccc1N(c1ccccc1C1=N[Se]c2c4c(ccc2=C1)=c1ccc2c(c1C4)C=c1ccccc1=2)c1ccccc1C1=N[Se]c2c4c(ccc2=C1)=c1ccc2c(c1C4)C=c1ccccc1=2)Cc1c2c(ccc1=3)=c1ccccc1=C2. The molecule has 6 aliphatic carbocycles. The molecule has 0 fully saturated rings. The molecule has 3 heterocycles. The van der Waals surface area contributed by atoms with Gasteiger partial charge >= 0.3 is 545 Å². The summed E-state index contributed by atoms with van der Waals surface area (Å²) in [4.78, 5) is 2.51. The van der Waals surface area contributed by atoms with Gasteiger partial charge in [-0.1, -0.05) is 0 Å². The van der Waals surface area contributed by atoms with Crippen LogP contribution in [0, 0.1) is 62.6 Å². The van der Waals surface area contributed by atoms with Crippen LogP contribution < -0.4 is 49.6 Å². The second-order valence-corrected chi connectivity index (χ2v) is 29.8. The van der Waals surface area contributed by atoms with Gasteiger partial charge in [-0.15, -0.1) is 0 Å². The molecule has 0 bridgehead atoms. The Hall–Kier alpha value is -9.77. The molecule has 21 rings (SSSR count). The van der Waals surface area contributed by atoms with Crippen LogP contribution in [0.15, 0.2) is 230 Å². The molecular formula is C84H48N4Se3. The van der Waals surface area contributed by atoms with E-state index in [0.29, 0.717) is 0 Å². The van der Waals surface area contributed by atoms with E-state index in [-0.39, 0.29) is 45.5 Å². The summed E-state index contributed by atoms with van der Waals surface area (Å²) in [6.07, 6.45) is 17.1. The molecule has 0 saturated carbocycles. The zero-order valence-electron chi connectivity index (χ0n) is 48.9. The molecule has 0 amide bonds. The van der Waals surface area contributed by atoms with Crippen molar-refractivity contribution in [3.63, 3.8) is 0 Å². The van der Waals surface area contributed by atoms with Gasteiger partial charge in [0, 0.05) is 0 Å². The molecule has 91 heavy (non-hydrogen) atoms. The Balaban J connectivity index is 0.706. The predicted molar refractivity (Wildman–Crippen MR) is 371 cm³/mol. The van der Waals surface area contributed by atoms with E-state index >= 15 is 0 Å². The Bertz CT molecular complexity index is 6090. The quantitative estimate of drug-likeness (QED) is 0.154. The predicted octanol–water partition coefficient (Wildman–Crippen LogP) is 8.60. The van der Waals surface area contributed by atoms with Gasteiger partial charge in [-0.05, 0) is 0 Å². The zero-order chi connectivity index (χ0) is 59.2. The number of anilines is 3. The molecular weight excluding hydrogens is 1300 g/mol. The maximum absolute atomic E-state index is 5.67. The van der Waals surface area contributed by atoms with Crippen LogP contribution in [0.2, 0.25) is 0 Å². The van der Waals surface area contributed by atoms with Crippen molar-refractivity contribution in [3.05, 3.63) is 379 Å². The van der Waals surface area contributed by atoms with Gasteiger partial charge in [-0.2, -0.15) is 0 Å². The molecule has 0 spiro atoms. The van der Waals surface area contributed by atoms with Gasteiger partial charge in [0.15, 0.2) is 0 Å². The van der Waals surface area contributed by atoms with Crippen LogP contribution >= 0.6 is 0 Å². The molecule has 0 saturated heterocycles. The number of hydrogen-bond acceptors (Lipinski definition) is 4. The third-order valence-electron chi connectivity index (χ3n) is 20.4. The fraction of sp³-hybridized carbons (Fsp3) is 0.0357. The number of hydrogen-bond donors (Lipinski definition) is 0. The van der Waals surface area contributed by atoms with Crippen LogP contribution in [0.5, 0.6) is 0 Å². The monoisotopic (exact) mass is 1350 g/mol. The van der Waals surface area contributed by atoms with E-state index < -0.39 is 0 Å². The first-order valence-corrected chi connectivity index (χ1v) is 36.1. The van der Waals surface area contributed by atoms with Gasteiger partial charge in [0.05, 0.1) is 0 Å². The van der Waals surface area contributed by atoms with Crippen molar-refractivity contribution in [1.29, 1.82) is 0 Å². The zero-order valence-corrected chi connectivity index (χ0v) is 54.0. The van der Waals surface area contributed by atoms with Crippen molar-refractivity contribution in [3.8, 4) is 0 Å². The molecule has 422 valence electrons. The maximum atomic E-state index is 5.67. The number of nitrogens with zero attached hydrogens (tertiary/aromatic N) is 4. The van der Waals surface area contributed by atoms with Gasteiger partial charge in [-0.3, -0.25) is 0 Å².